The van der Waals surface area contributed by atoms with Crippen molar-refractivity contribution in [3.8, 4) is 5.75 Å². The molecule has 0 radical (unpaired) electrons. The van der Waals surface area contributed by atoms with Gasteiger partial charge in [-0.05, 0) is 36.6 Å². The van der Waals surface area contributed by atoms with Crippen molar-refractivity contribution < 1.29 is 14.5 Å². The molecule has 1 aliphatic rings. The zero-order chi connectivity index (χ0) is 18.5. The number of anilines is 1. The van der Waals surface area contributed by atoms with E-state index >= 15 is 0 Å². The number of carbonyl (C=O) groups is 1. The number of nitrogens with one attached hydrogen (secondary N) is 1. The van der Waals surface area contributed by atoms with E-state index in [-0.39, 0.29) is 29.6 Å². The summed E-state index contributed by atoms with van der Waals surface area (Å²) in [7, 11) is 0. The van der Waals surface area contributed by atoms with Gasteiger partial charge < -0.3 is 15.0 Å². The van der Waals surface area contributed by atoms with Gasteiger partial charge in [0, 0.05) is 13.1 Å². The molecule has 0 atom stereocenters. The van der Waals surface area contributed by atoms with Crippen molar-refractivity contribution in [1.82, 2.24) is 4.90 Å². The highest BCUT2D eigenvalue weighted by Crippen LogP contribution is 2.34. The van der Waals surface area contributed by atoms with E-state index in [0.717, 1.165) is 12.0 Å². The minimum Gasteiger partial charge on any atom is -0.487 e. The molecule has 0 unspecified atom stereocenters. The van der Waals surface area contributed by atoms with Crippen molar-refractivity contribution in [1.29, 1.82) is 0 Å². The normalized spacial score (nSPS) is 13.0. The van der Waals surface area contributed by atoms with Gasteiger partial charge in [0.25, 0.3) is 0 Å². The summed E-state index contributed by atoms with van der Waals surface area (Å²) in [5.41, 5.74) is 2.55. The molecule has 1 heterocycles. The Morgan fingerprint density at radius 3 is 2.73 bits per heavy atom. The summed E-state index contributed by atoms with van der Waals surface area (Å²) in [4.78, 5) is 25.2. The number of nitro benzene ring substituents is 1. The quantitative estimate of drug-likeness (QED) is 0.636. The smallest absolute Gasteiger partial charge is 0.333 e. The maximum atomic E-state index is 12.5. The van der Waals surface area contributed by atoms with E-state index in [0.29, 0.717) is 19.7 Å². The Labute approximate surface area is 151 Å². The molecule has 3 rings (SSSR count). The van der Waals surface area contributed by atoms with Crippen molar-refractivity contribution >= 4 is 17.3 Å². The third-order valence-electron chi connectivity index (χ3n) is 4.39. The number of ether oxygens (including phenoxy) is 1. The van der Waals surface area contributed by atoms with Gasteiger partial charge in [-0.25, -0.2) is 0 Å². The molecule has 0 spiro atoms. The molecule has 0 saturated carbocycles. The summed E-state index contributed by atoms with van der Waals surface area (Å²) >= 11 is 0. The van der Waals surface area contributed by atoms with E-state index in [2.05, 4.69) is 11.4 Å². The molecule has 1 aliphatic heterocycles. The fourth-order valence-corrected chi connectivity index (χ4v) is 3.12. The Morgan fingerprint density at radius 2 is 2.00 bits per heavy atom. The van der Waals surface area contributed by atoms with Crippen LogP contribution in [0.15, 0.2) is 42.5 Å². The third-order valence-corrected chi connectivity index (χ3v) is 4.39. The molecule has 7 nitrogen and oxygen atoms in total. The zero-order valence-corrected chi connectivity index (χ0v) is 14.6. The average Bonchev–Trinajstić information content (AvgIpc) is 2.65. The van der Waals surface area contributed by atoms with Crippen LogP contribution in [0.2, 0.25) is 0 Å². The van der Waals surface area contributed by atoms with Crippen LogP contribution in [0.3, 0.4) is 0 Å². The van der Waals surface area contributed by atoms with Crippen LogP contribution in [-0.2, 0) is 17.8 Å². The Morgan fingerprint density at radius 1 is 1.23 bits per heavy atom. The fourth-order valence-electron chi connectivity index (χ4n) is 3.12. The molecular formula is C19H21N3O4. The zero-order valence-electron chi connectivity index (χ0n) is 14.6. The summed E-state index contributed by atoms with van der Waals surface area (Å²) in [6.45, 7) is 3.31. The van der Waals surface area contributed by atoms with Crippen LogP contribution in [0, 0.1) is 10.1 Å². The summed E-state index contributed by atoms with van der Waals surface area (Å²) in [6, 6.07) is 12.9. The van der Waals surface area contributed by atoms with E-state index in [9.17, 15) is 14.9 Å². The lowest BCUT2D eigenvalue weighted by Gasteiger charge is -2.29. The van der Waals surface area contributed by atoms with Gasteiger partial charge in [0.15, 0.2) is 5.75 Å². The van der Waals surface area contributed by atoms with Gasteiger partial charge >= 0.3 is 5.69 Å². The highest BCUT2D eigenvalue weighted by atomic mass is 16.6. The number of benzene rings is 2. The molecule has 2 aromatic rings. The highest BCUT2D eigenvalue weighted by Gasteiger charge is 2.23. The van der Waals surface area contributed by atoms with Gasteiger partial charge in [0.2, 0.25) is 5.91 Å². The minimum atomic E-state index is -0.491. The van der Waals surface area contributed by atoms with Crippen molar-refractivity contribution in [3.63, 3.8) is 0 Å². The van der Waals surface area contributed by atoms with Crippen molar-refractivity contribution in [2.45, 2.75) is 19.9 Å². The minimum absolute atomic E-state index is 0.00140. The lowest BCUT2D eigenvalue weighted by atomic mass is 10.00. The molecule has 26 heavy (non-hydrogen) atoms. The van der Waals surface area contributed by atoms with Gasteiger partial charge in [0.1, 0.15) is 5.69 Å². The second kappa shape index (κ2) is 7.86. The second-order valence-electron chi connectivity index (χ2n) is 6.03. The third kappa shape index (κ3) is 3.77. The van der Waals surface area contributed by atoms with Crippen molar-refractivity contribution in [2.24, 2.45) is 0 Å². The lowest BCUT2D eigenvalue weighted by Crippen LogP contribution is -2.39. The molecule has 1 N–H and O–H groups in total. The standard InChI is InChI=1S/C19H21N3O4/c1-2-26-17-9-5-8-16(19(17)22(24)25)20-12-18(23)21-11-10-14-6-3-4-7-15(14)13-21/h3-9,20H,2,10-13H2,1H3. The van der Waals surface area contributed by atoms with E-state index < -0.39 is 4.92 Å². The van der Waals surface area contributed by atoms with Crippen LogP contribution in [0.25, 0.3) is 0 Å². The Balaban J connectivity index is 1.69. The van der Waals surface area contributed by atoms with Crippen molar-refractivity contribution in [2.75, 3.05) is 25.0 Å². The number of para-hydroxylation sites is 1. The predicted molar refractivity (Wildman–Crippen MR) is 98.3 cm³/mol. The monoisotopic (exact) mass is 355 g/mol. The molecule has 0 bridgehead atoms. The average molecular weight is 355 g/mol. The summed E-state index contributed by atoms with van der Waals surface area (Å²) < 4.78 is 5.32. The van der Waals surface area contributed by atoms with Crippen LogP contribution < -0.4 is 10.1 Å². The van der Waals surface area contributed by atoms with Crippen LogP contribution in [-0.4, -0.2) is 35.4 Å². The van der Waals surface area contributed by atoms with Gasteiger partial charge in [-0.1, -0.05) is 30.3 Å². The summed E-state index contributed by atoms with van der Waals surface area (Å²) in [5, 5.41) is 14.3. The van der Waals surface area contributed by atoms with Crippen LogP contribution in [0.1, 0.15) is 18.1 Å². The highest BCUT2D eigenvalue weighted by molar-refractivity contribution is 5.82. The number of fused-ring (bicyclic) bond motifs is 1. The molecule has 2 aromatic carbocycles. The fraction of sp³-hybridized carbons (Fsp3) is 0.316. The van der Waals surface area contributed by atoms with Crippen LogP contribution in [0.4, 0.5) is 11.4 Å². The maximum Gasteiger partial charge on any atom is 0.333 e. The summed E-state index contributed by atoms with van der Waals surface area (Å²) in [6.07, 6.45) is 0.821. The Hall–Kier alpha value is -3.09. The first-order valence-corrected chi connectivity index (χ1v) is 8.58. The van der Waals surface area contributed by atoms with E-state index in [1.807, 2.05) is 18.2 Å². The largest absolute Gasteiger partial charge is 0.487 e. The predicted octanol–water partition coefficient (Wildman–Crippen LogP) is 2.99. The molecule has 1 amide bonds. The molecule has 7 heteroatoms. The van der Waals surface area contributed by atoms with Crippen LogP contribution >= 0.6 is 0 Å². The molecule has 0 saturated heterocycles. The number of hydrogen-bond donors (Lipinski definition) is 1. The Bertz CT molecular complexity index is 822. The maximum absolute atomic E-state index is 12.5. The lowest BCUT2D eigenvalue weighted by molar-refractivity contribution is -0.384. The molecule has 0 aliphatic carbocycles. The number of nitro groups is 1. The summed E-state index contributed by atoms with van der Waals surface area (Å²) in [5.74, 6) is 0.109. The number of nitrogens with zero attached hydrogens (tertiary/aromatic N) is 2. The van der Waals surface area contributed by atoms with Gasteiger partial charge in [-0.15, -0.1) is 0 Å². The van der Waals surface area contributed by atoms with Crippen molar-refractivity contribution in [3.05, 3.63) is 63.7 Å². The first kappa shape index (κ1) is 17.7. The number of hydrogen-bond acceptors (Lipinski definition) is 5. The number of carbonyl (C=O) groups excluding carboxylic acids is 1. The molecular weight excluding hydrogens is 334 g/mol. The van der Waals surface area contributed by atoms with Gasteiger partial charge in [-0.3, -0.25) is 14.9 Å². The first-order valence-electron chi connectivity index (χ1n) is 8.58. The number of amides is 1. The van der Waals surface area contributed by atoms with E-state index in [4.69, 9.17) is 4.74 Å². The molecule has 136 valence electrons. The van der Waals surface area contributed by atoms with E-state index in [1.165, 1.54) is 5.56 Å². The second-order valence-corrected chi connectivity index (χ2v) is 6.03. The van der Waals surface area contributed by atoms with Crippen LogP contribution in [0.5, 0.6) is 5.75 Å². The Kier molecular flexibility index (Phi) is 5.36. The molecule has 0 fully saturated rings. The van der Waals surface area contributed by atoms with Gasteiger partial charge in [-0.2, -0.15) is 0 Å². The number of rotatable bonds is 6. The topological polar surface area (TPSA) is 84.7 Å². The molecule has 0 aromatic heterocycles. The SMILES string of the molecule is CCOc1cccc(NCC(=O)N2CCc3ccccc3C2)c1[N+](=O)[O-]. The first-order chi connectivity index (χ1) is 12.6. The van der Waals surface area contributed by atoms with E-state index in [1.54, 1.807) is 30.0 Å². The van der Waals surface area contributed by atoms with Gasteiger partial charge in [0.05, 0.1) is 18.1 Å².